The van der Waals surface area contributed by atoms with Crippen LogP contribution in [0.5, 0.6) is 0 Å². The lowest BCUT2D eigenvalue weighted by Gasteiger charge is -2.27. The van der Waals surface area contributed by atoms with E-state index in [-0.39, 0.29) is 18.2 Å². The molecule has 0 aromatic carbocycles. The highest BCUT2D eigenvalue weighted by Gasteiger charge is 2.24. The zero-order valence-corrected chi connectivity index (χ0v) is 13.3. The van der Waals surface area contributed by atoms with Gasteiger partial charge < -0.3 is 10.6 Å². The summed E-state index contributed by atoms with van der Waals surface area (Å²) in [6.45, 7) is 0. The summed E-state index contributed by atoms with van der Waals surface area (Å²) in [4.78, 5) is 22.6. The molecular weight excluding hydrogens is 290 g/mol. The quantitative estimate of drug-likeness (QED) is 0.361. The first-order valence-electron chi connectivity index (χ1n) is 7.86. The van der Waals surface area contributed by atoms with Crippen molar-refractivity contribution >= 4 is 23.8 Å². The lowest BCUT2D eigenvalue weighted by Crippen LogP contribution is -2.42. The molecule has 0 aromatic rings. The molecule has 0 unspecified atom stereocenters. The molecule has 120 valence electrons. The number of thiol groups is 1. The summed E-state index contributed by atoms with van der Waals surface area (Å²) in [6.07, 6.45) is 10.9. The number of oxime groups is 1. The normalized spacial score (nSPS) is 22.0. The lowest BCUT2D eigenvalue weighted by atomic mass is 9.98. The minimum atomic E-state index is -0.575. The fourth-order valence-corrected chi connectivity index (χ4v) is 3.00. The van der Waals surface area contributed by atoms with E-state index in [0.717, 1.165) is 56.4 Å². The van der Waals surface area contributed by atoms with Crippen LogP contribution < -0.4 is 5.73 Å². The van der Waals surface area contributed by atoms with Crippen LogP contribution in [-0.4, -0.2) is 28.5 Å². The van der Waals surface area contributed by atoms with E-state index in [9.17, 15) is 4.79 Å². The number of rotatable bonds is 4. The number of hydroxylamine groups is 2. The lowest BCUT2D eigenvalue weighted by molar-refractivity contribution is -0.120. The van der Waals surface area contributed by atoms with Gasteiger partial charge in [-0.05, 0) is 43.7 Å². The van der Waals surface area contributed by atoms with Gasteiger partial charge in [-0.3, -0.25) is 9.63 Å². The van der Waals surface area contributed by atoms with E-state index in [1.54, 1.807) is 0 Å². The van der Waals surface area contributed by atoms with Gasteiger partial charge in [0.15, 0.2) is 0 Å². The largest absolute Gasteiger partial charge is 0.389 e. The van der Waals surface area contributed by atoms with E-state index in [4.69, 9.17) is 15.4 Å². The molecule has 2 N–H and O–H groups in total. The fraction of sp³-hybridized carbons (Fsp3) is 0.857. The van der Waals surface area contributed by atoms with Gasteiger partial charge in [0.2, 0.25) is 0 Å². The van der Waals surface area contributed by atoms with Gasteiger partial charge in [-0.2, -0.15) is 0 Å². The van der Waals surface area contributed by atoms with E-state index < -0.39 is 5.24 Å². The van der Waals surface area contributed by atoms with E-state index in [1.165, 1.54) is 12.8 Å². The number of carbonyl (C=O) groups is 1. The SMILES string of the molecule is NC(=NOC1CCCCC1)N(OC1CCCCC1)C(=O)S. The Morgan fingerprint density at radius 2 is 1.52 bits per heavy atom. The smallest absolute Gasteiger partial charge is 0.309 e. The number of hydrogen-bond acceptors (Lipinski definition) is 4. The maximum Gasteiger partial charge on any atom is 0.309 e. The zero-order valence-electron chi connectivity index (χ0n) is 12.4. The van der Waals surface area contributed by atoms with Crippen LogP contribution in [0, 0.1) is 0 Å². The van der Waals surface area contributed by atoms with Gasteiger partial charge in [0.05, 0.1) is 6.10 Å². The first kappa shape index (κ1) is 16.4. The molecule has 0 radical (unpaired) electrons. The molecule has 0 atom stereocenters. The molecule has 2 fully saturated rings. The molecule has 0 heterocycles. The van der Waals surface area contributed by atoms with Crippen molar-refractivity contribution in [1.29, 1.82) is 0 Å². The molecule has 0 aromatic heterocycles. The first-order chi connectivity index (χ1) is 10.2. The van der Waals surface area contributed by atoms with Crippen LogP contribution in [0.4, 0.5) is 4.79 Å². The van der Waals surface area contributed by atoms with Crippen molar-refractivity contribution in [1.82, 2.24) is 5.06 Å². The maximum absolute atomic E-state index is 11.6. The molecule has 1 amide bonds. The van der Waals surface area contributed by atoms with Crippen molar-refractivity contribution in [3.05, 3.63) is 0 Å². The molecule has 6 nitrogen and oxygen atoms in total. The maximum atomic E-state index is 11.6. The number of hydrogen-bond donors (Lipinski definition) is 2. The summed E-state index contributed by atoms with van der Waals surface area (Å²) in [6, 6.07) is 0. The number of nitrogens with zero attached hydrogens (tertiary/aromatic N) is 2. The summed E-state index contributed by atoms with van der Waals surface area (Å²) in [7, 11) is 0. The molecule has 0 spiro atoms. The number of carbonyl (C=O) groups excluding carboxylic acids is 1. The van der Waals surface area contributed by atoms with Crippen molar-refractivity contribution in [2.24, 2.45) is 10.9 Å². The summed E-state index contributed by atoms with van der Waals surface area (Å²) < 4.78 is 0. The van der Waals surface area contributed by atoms with Gasteiger partial charge in [-0.15, -0.1) is 5.06 Å². The highest BCUT2D eigenvalue weighted by atomic mass is 32.1. The monoisotopic (exact) mass is 315 g/mol. The second-order valence-electron chi connectivity index (χ2n) is 5.76. The predicted octanol–water partition coefficient (Wildman–Crippen LogP) is 3.18. The van der Waals surface area contributed by atoms with Crippen LogP contribution in [0.25, 0.3) is 0 Å². The minimum Gasteiger partial charge on any atom is -0.389 e. The van der Waals surface area contributed by atoms with E-state index in [1.807, 2.05) is 0 Å². The molecular formula is C14H25N3O3S. The van der Waals surface area contributed by atoms with Crippen molar-refractivity contribution < 1.29 is 14.5 Å². The van der Waals surface area contributed by atoms with Gasteiger partial charge >= 0.3 is 5.24 Å². The van der Waals surface area contributed by atoms with E-state index in [0.29, 0.717) is 0 Å². The molecule has 7 heteroatoms. The van der Waals surface area contributed by atoms with Crippen molar-refractivity contribution in [2.45, 2.75) is 76.4 Å². The molecule has 0 saturated heterocycles. The molecule has 0 aliphatic heterocycles. The topological polar surface area (TPSA) is 77.2 Å². The van der Waals surface area contributed by atoms with Crippen LogP contribution in [0.15, 0.2) is 5.16 Å². The predicted molar refractivity (Wildman–Crippen MR) is 83.8 cm³/mol. The Balaban J connectivity index is 1.87. The fourth-order valence-electron chi connectivity index (χ4n) is 2.85. The van der Waals surface area contributed by atoms with Crippen molar-refractivity contribution in [3.8, 4) is 0 Å². The Hall–Kier alpha value is -0.950. The molecule has 21 heavy (non-hydrogen) atoms. The first-order valence-corrected chi connectivity index (χ1v) is 8.30. The third kappa shape index (κ3) is 5.39. The minimum absolute atomic E-state index is 0.00159. The average Bonchev–Trinajstić information content (AvgIpc) is 2.52. The molecule has 0 bridgehead atoms. The highest BCUT2D eigenvalue weighted by Crippen LogP contribution is 2.22. The Morgan fingerprint density at radius 1 is 1.00 bits per heavy atom. The summed E-state index contributed by atoms with van der Waals surface area (Å²) in [5.74, 6) is -0.0776. The van der Waals surface area contributed by atoms with Gasteiger partial charge in [-0.1, -0.05) is 38.3 Å². The van der Waals surface area contributed by atoms with Crippen molar-refractivity contribution in [3.63, 3.8) is 0 Å². The second kappa shape index (κ2) is 8.48. The molecule has 2 saturated carbocycles. The van der Waals surface area contributed by atoms with Gasteiger partial charge in [-0.25, -0.2) is 0 Å². The van der Waals surface area contributed by atoms with Crippen LogP contribution in [0.2, 0.25) is 0 Å². The van der Waals surface area contributed by atoms with E-state index in [2.05, 4.69) is 17.8 Å². The third-order valence-electron chi connectivity index (χ3n) is 4.04. The highest BCUT2D eigenvalue weighted by molar-refractivity contribution is 7.96. The van der Waals surface area contributed by atoms with E-state index >= 15 is 0 Å². The molecule has 2 aliphatic carbocycles. The summed E-state index contributed by atoms with van der Waals surface area (Å²) >= 11 is 3.80. The Morgan fingerprint density at radius 3 is 2.05 bits per heavy atom. The number of nitrogens with two attached hydrogens (primary N) is 1. The Labute approximate surface area is 131 Å². The molecule has 2 rings (SSSR count). The second-order valence-corrected chi connectivity index (χ2v) is 6.14. The number of amides is 1. The molecule has 2 aliphatic rings. The van der Waals surface area contributed by atoms with Crippen LogP contribution in [-0.2, 0) is 9.68 Å². The van der Waals surface area contributed by atoms with Gasteiger partial charge in [0, 0.05) is 0 Å². The van der Waals surface area contributed by atoms with Crippen LogP contribution >= 0.6 is 12.6 Å². The van der Waals surface area contributed by atoms with Crippen molar-refractivity contribution in [2.75, 3.05) is 0 Å². The Kier molecular flexibility index (Phi) is 6.63. The standard InChI is InChI=1S/C14H25N3O3S/c15-13(16-19-11-7-3-1-4-8-11)17(14(18)21)20-12-9-5-2-6-10-12/h11-12H,1-10H2,(H2,15,16)(H,18,21). The average molecular weight is 315 g/mol. The summed E-state index contributed by atoms with van der Waals surface area (Å²) in [5.41, 5.74) is 5.81. The van der Waals surface area contributed by atoms with Crippen LogP contribution in [0.1, 0.15) is 64.2 Å². The zero-order chi connectivity index (χ0) is 15.1. The van der Waals surface area contributed by atoms with Crippen LogP contribution in [0.3, 0.4) is 0 Å². The summed E-state index contributed by atoms with van der Waals surface area (Å²) in [5, 5.41) is 4.23. The van der Waals surface area contributed by atoms with Gasteiger partial charge in [0.1, 0.15) is 6.10 Å². The third-order valence-corrected chi connectivity index (χ3v) is 4.22. The Bertz CT molecular complexity index is 366. The van der Waals surface area contributed by atoms with Gasteiger partial charge in [0.25, 0.3) is 5.96 Å². The number of guanidine groups is 1.